The average Bonchev–Trinajstić information content (AvgIpc) is 2.38. The molecule has 0 aromatic heterocycles. The largest absolute Gasteiger partial charge is 0.307 e. The Balaban J connectivity index is 2.65. The summed E-state index contributed by atoms with van der Waals surface area (Å²) in [4.78, 5) is 4.27. The van der Waals surface area contributed by atoms with Gasteiger partial charge in [0.1, 0.15) is 0 Å². The lowest BCUT2D eigenvalue weighted by Crippen LogP contribution is -2.17. The smallest absolute Gasteiger partial charge is 0.290 e. The minimum atomic E-state index is -2.65. The van der Waals surface area contributed by atoms with E-state index in [4.69, 9.17) is 0 Å². The maximum atomic E-state index is 12.5. The summed E-state index contributed by atoms with van der Waals surface area (Å²) < 4.78 is 12.5. The van der Waals surface area contributed by atoms with Crippen molar-refractivity contribution in [2.45, 2.75) is 32.4 Å². The van der Waals surface area contributed by atoms with Crippen LogP contribution in [0.1, 0.15) is 25.8 Å². The van der Waals surface area contributed by atoms with Crippen molar-refractivity contribution < 1.29 is 4.57 Å². The molecule has 0 saturated carbocycles. The van der Waals surface area contributed by atoms with Gasteiger partial charge in [0.15, 0.2) is 0 Å². The fourth-order valence-electron chi connectivity index (χ4n) is 1.36. The molecule has 0 fully saturated rings. The molecule has 0 aliphatic rings. The molecule has 4 nitrogen and oxygen atoms in total. The van der Waals surface area contributed by atoms with E-state index in [1.54, 1.807) is 7.05 Å². The number of hydrogen-bond acceptors (Lipinski definition) is 3. The van der Waals surface area contributed by atoms with Crippen LogP contribution in [0.3, 0.4) is 0 Å². The molecule has 6 heteroatoms. The van der Waals surface area contributed by atoms with Crippen molar-refractivity contribution in [2.75, 3.05) is 7.05 Å². The highest BCUT2D eigenvalue weighted by molar-refractivity contribution is 8.57. The van der Waals surface area contributed by atoms with Gasteiger partial charge in [0.05, 0.1) is 12.0 Å². The molecular formula is C13H22N3OPS. The van der Waals surface area contributed by atoms with E-state index in [2.05, 4.69) is 29.0 Å². The van der Waals surface area contributed by atoms with E-state index in [9.17, 15) is 4.57 Å². The van der Waals surface area contributed by atoms with Gasteiger partial charge in [-0.1, -0.05) is 37.4 Å². The average molecular weight is 299 g/mol. The number of hydrogen-bond donors (Lipinski definition) is 2. The monoisotopic (exact) mass is 299 g/mol. The highest BCUT2D eigenvalue weighted by atomic mass is 32.7. The molecule has 1 aromatic rings. The van der Waals surface area contributed by atoms with Gasteiger partial charge in [-0.25, -0.2) is 10.1 Å². The van der Waals surface area contributed by atoms with Gasteiger partial charge >= 0.3 is 0 Å². The highest BCUT2D eigenvalue weighted by Gasteiger charge is 2.21. The summed E-state index contributed by atoms with van der Waals surface area (Å²) in [6.45, 7) is 3.51. The maximum absolute atomic E-state index is 12.5. The molecule has 2 unspecified atom stereocenters. The summed E-state index contributed by atoms with van der Waals surface area (Å²) in [6, 6.07) is 7.86. The minimum absolute atomic E-state index is 0.332. The summed E-state index contributed by atoms with van der Waals surface area (Å²) in [7, 11) is 1.70. The molecule has 0 radical (unpaired) electrons. The lowest BCUT2D eigenvalue weighted by Gasteiger charge is -2.19. The number of benzene rings is 1. The van der Waals surface area contributed by atoms with Crippen molar-refractivity contribution in [3.05, 3.63) is 29.8 Å². The Morgan fingerprint density at radius 3 is 2.84 bits per heavy atom. The van der Waals surface area contributed by atoms with Crippen molar-refractivity contribution in [1.29, 1.82) is 0 Å². The van der Waals surface area contributed by atoms with Crippen LogP contribution >= 0.6 is 18.0 Å². The number of rotatable bonds is 7. The number of aliphatic imine (C=N–C) groups is 1. The Kier molecular flexibility index (Phi) is 6.63. The van der Waals surface area contributed by atoms with Crippen molar-refractivity contribution in [3.8, 4) is 0 Å². The van der Waals surface area contributed by atoms with E-state index in [1.165, 1.54) is 17.7 Å². The van der Waals surface area contributed by atoms with Crippen LogP contribution in [0.15, 0.2) is 29.3 Å². The van der Waals surface area contributed by atoms with E-state index in [1.807, 2.05) is 31.2 Å². The first kappa shape index (κ1) is 16.3. The standard InChI is InChI=1S/C13H22N3OPS/c1-5-12(3)19-18(17,14-4)16-10-15-13-8-6-7-11(2)9-13/h6-10,12H,5H2,1-4H3,(H2,14,15,16,17). The van der Waals surface area contributed by atoms with Crippen LogP contribution in [0, 0.1) is 6.92 Å². The molecule has 1 aromatic carbocycles. The molecular weight excluding hydrogens is 277 g/mol. The first-order valence-electron chi connectivity index (χ1n) is 6.33. The highest BCUT2D eigenvalue weighted by Crippen LogP contribution is 2.52. The van der Waals surface area contributed by atoms with Gasteiger partial charge in [0, 0.05) is 5.25 Å². The second kappa shape index (κ2) is 7.73. The Bertz CT molecular complexity index is 479. The third-order valence-corrected chi connectivity index (χ3v) is 7.51. The second-order valence-electron chi connectivity index (χ2n) is 4.33. The zero-order chi connectivity index (χ0) is 14.3. The van der Waals surface area contributed by atoms with Crippen LogP contribution < -0.4 is 10.2 Å². The number of nitrogens with one attached hydrogen (secondary N) is 2. The van der Waals surface area contributed by atoms with E-state index in [0.717, 1.165) is 17.7 Å². The third kappa shape index (κ3) is 5.81. The first-order chi connectivity index (χ1) is 8.99. The zero-order valence-electron chi connectivity index (χ0n) is 11.9. The van der Waals surface area contributed by atoms with Crippen molar-refractivity contribution in [2.24, 2.45) is 4.99 Å². The maximum Gasteiger partial charge on any atom is 0.290 e. The van der Waals surface area contributed by atoms with Crippen LogP contribution in [-0.2, 0) is 4.57 Å². The van der Waals surface area contributed by atoms with Crippen LogP contribution in [-0.4, -0.2) is 18.6 Å². The van der Waals surface area contributed by atoms with Gasteiger partial charge in [-0.2, -0.15) is 0 Å². The number of aryl methyl sites for hydroxylation is 1. The van der Waals surface area contributed by atoms with Gasteiger partial charge in [-0.15, -0.1) is 0 Å². The predicted octanol–water partition coefficient (Wildman–Crippen LogP) is 4.10. The Hall–Kier alpha value is -0.770. The summed E-state index contributed by atoms with van der Waals surface area (Å²) in [5.74, 6) is 0. The van der Waals surface area contributed by atoms with Gasteiger partial charge in [0.25, 0.3) is 6.65 Å². The predicted molar refractivity (Wildman–Crippen MR) is 86.5 cm³/mol. The molecule has 0 aliphatic carbocycles. The zero-order valence-corrected chi connectivity index (χ0v) is 13.6. The quantitative estimate of drug-likeness (QED) is 0.452. The first-order valence-corrected chi connectivity index (χ1v) is 9.52. The Labute approximate surface area is 119 Å². The second-order valence-corrected chi connectivity index (χ2v) is 9.32. The van der Waals surface area contributed by atoms with Crippen LogP contribution in [0.4, 0.5) is 5.69 Å². The van der Waals surface area contributed by atoms with Crippen LogP contribution in [0.25, 0.3) is 0 Å². The molecule has 0 amide bonds. The molecule has 2 N–H and O–H groups in total. The van der Waals surface area contributed by atoms with E-state index < -0.39 is 6.65 Å². The number of nitrogens with zero attached hydrogens (tertiary/aromatic N) is 1. The van der Waals surface area contributed by atoms with Gasteiger partial charge in [0.2, 0.25) is 0 Å². The molecule has 0 spiro atoms. The SMILES string of the molecule is CCC(C)SP(=O)(NC)NC=Nc1cccc(C)c1. The van der Waals surface area contributed by atoms with Crippen LogP contribution in [0.2, 0.25) is 0 Å². The van der Waals surface area contributed by atoms with Crippen molar-refractivity contribution in [1.82, 2.24) is 10.2 Å². The summed E-state index contributed by atoms with van der Waals surface area (Å²) in [6.07, 6.45) is 2.49. The van der Waals surface area contributed by atoms with E-state index >= 15 is 0 Å². The molecule has 19 heavy (non-hydrogen) atoms. The topological polar surface area (TPSA) is 53.5 Å². The molecule has 2 atom stereocenters. The summed E-state index contributed by atoms with van der Waals surface area (Å²) in [5, 5.41) is 6.08. The van der Waals surface area contributed by atoms with E-state index in [-0.39, 0.29) is 0 Å². The van der Waals surface area contributed by atoms with Crippen molar-refractivity contribution >= 4 is 30.1 Å². The fourth-order valence-corrected chi connectivity index (χ4v) is 5.13. The summed E-state index contributed by atoms with van der Waals surface area (Å²) >= 11 is 1.43. The van der Waals surface area contributed by atoms with Crippen LogP contribution in [0.5, 0.6) is 0 Å². The Morgan fingerprint density at radius 2 is 2.26 bits per heavy atom. The fraction of sp³-hybridized carbons (Fsp3) is 0.462. The molecule has 1 rings (SSSR count). The van der Waals surface area contributed by atoms with Gasteiger partial charge in [-0.3, -0.25) is 4.57 Å². The molecule has 0 bridgehead atoms. The molecule has 0 heterocycles. The molecule has 0 aliphatic heterocycles. The lowest BCUT2D eigenvalue weighted by molar-refractivity contribution is 0.577. The van der Waals surface area contributed by atoms with Crippen molar-refractivity contribution in [3.63, 3.8) is 0 Å². The van der Waals surface area contributed by atoms with Gasteiger partial charge in [-0.05, 0) is 38.1 Å². The lowest BCUT2D eigenvalue weighted by atomic mass is 10.2. The third-order valence-electron chi connectivity index (χ3n) is 2.64. The Morgan fingerprint density at radius 1 is 1.53 bits per heavy atom. The minimum Gasteiger partial charge on any atom is -0.307 e. The molecule has 106 valence electrons. The normalized spacial score (nSPS) is 16.2. The van der Waals surface area contributed by atoms with E-state index in [0.29, 0.717) is 5.25 Å². The molecule has 0 saturated heterocycles. The summed E-state index contributed by atoms with van der Waals surface area (Å²) in [5.41, 5.74) is 2.00. The van der Waals surface area contributed by atoms with Gasteiger partial charge < -0.3 is 5.09 Å².